The Bertz CT molecular complexity index is 408. The summed E-state index contributed by atoms with van der Waals surface area (Å²) in [5.41, 5.74) is 1.60. The quantitative estimate of drug-likeness (QED) is 0.761. The first-order valence-electron chi connectivity index (χ1n) is 4.64. The van der Waals surface area contributed by atoms with Gasteiger partial charge < -0.3 is 5.11 Å². The highest BCUT2D eigenvalue weighted by Gasteiger charge is 2.15. The van der Waals surface area contributed by atoms with Gasteiger partial charge in [-0.3, -0.25) is 4.55 Å². The van der Waals surface area contributed by atoms with Crippen molar-refractivity contribution in [3.05, 3.63) is 35.4 Å². The first kappa shape index (κ1) is 12.2. The highest BCUT2D eigenvalue weighted by Crippen LogP contribution is 2.15. The minimum atomic E-state index is -4.14. The smallest absolute Gasteiger partial charge is 0.267 e. The molecule has 4 nitrogen and oxygen atoms in total. The largest absolute Gasteiger partial charge is 0.387 e. The van der Waals surface area contributed by atoms with E-state index >= 15 is 0 Å². The van der Waals surface area contributed by atoms with E-state index in [1.165, 1.54) is 0 Å². The van der Waals surface area contributed by atoms with E-state index in [0.717, 1.165) is 12.0 Å². The molecule has 1 unspecified atom stereocenters. The van der Waals surface area contributed by atoms with Crippen molar-refractivity contribution in [1.29, 1.82) is 0 Å². The van der Waals surface area contributed by atoms with Crippen molar-refractivity contribution in [2.75, 3.05) is 5.75 Å². The maximum Gasteiger partial charge on any atom is 0.267 e. The molecule has 5 heteroatoms. The summed E-state index contributed by atoms with van der Waals surface area (Å²) in [6.07, 6.45) is -0.291. The minimum Gasteiger partial charge on any atom is -0.387 e. The molecule has 0 aliphatic rings. The average molecular weight is 230 g/mol. The van der Waals surface area contributed by atoms with Gasteiger partial charge in [0.2, 0.25) is 0 Å². The molecule has 0 aromatic heterocycles. The second-order valence-corrected chi connectivity index (χ2v) is 4.86. The summed E-state index contributed by atoms with van der Waals surface area (Å²) in [7, 11) is -4.14. The summed E-state index contributed by atoms with van der Waals surface area (Å²) in [5.74, 6) is -0.668. The summed E-state index contributed by atoms with van der Waals surface area (Å²) in [4.78, 5) is 0. The number of hydrogen-bond donors (Lipinski definition) is 2. The lowest BCUT2D eigenvalue weighted by molar-refractivity contribution is 0.199. The summed E-state index contributed by atoms with van der Waals surface area (Å²) in [5, 5.41) is 9.48. The highest BCUT2D eigenvalue weighted by molar-refractivity contribution is 7.85. The predicted molar refractivity (Wildman–Crippen MR) is 57.2 cm³/mol. The van der Waals surface area contributed by atoms with Crippen molar-refractivity contribution in [2.24, 2.45) is 0 Å². The summed E-state index contributed by atoms with van der Waals surface area (Å²) in [6.45, 7) is 2.00. The maximum absolute atomic E-state index is 10.5. The van der Waals surface area contributed by atoms with Crippen LogP contribution < -0.4 is 0 Å². The van der Waals surface area contributed by atoms with Gasteiger partial charge in [-0.2, -0.15) is 8.42 Å². The number of aryl methyl sites for hydroxylation is 1. The van der Waals surface area contributed by atoms with Crippen LogP contribution in [0.15, 0.2) is 24.3 Å². The molecule has 2 N–H and O–H groups in total. The van der Waals surface area contributed by atoms with Crippen LogP contribution in [0, 0.1) is 0 Å². The van der Waals surface area contributed by atoms with Crippen molar-refractivity contribution in [3.8, 4) is 0 Å². The van der Waals surface area contributed by atoms with Gasteiger partial charge in [-0.15, -0.1) is 0 Å². The molecular formula is C10H14O4S. The van der Waals surface area contributed by atoms with E-state index in [2.05, 4.69) is 0 Å². The van der Waals surface area contributed by atoms with Crippen LogP contribution in [-0.4, -0.2) is 23.8 Å². The molecule has 0 radical (unpaired) electrons. The molecule has 1 atom stereocenters. The SMILES string of the molecule is CCc1ccc(C(O)CS(=O)(=O)O)cc1. The fourth-order valence-corrected chi connectivity index (χ4v) is 1.86. The van der Waals surface area contributed by atoms with Crippen molar-refractivity contribution < 1.29 is 18.1 Å². The fourth-order valence-electron chi connectivity index (χ4n) is 1.27. The van der Waals surface area contributed by atoms with Crippen molar-refractivity contribution in [3.63, 3.8) is 0 Å². The number of hydrogen-bond acceptors (Lipinski definition) is 3. The molecule has 0 bridgehead atoms. The Morgan fingerprint density at radius 1 is 1.27 bits per heavy atom. The summed E-state index contributed by atoms with van der Waals surface area (Å²) in [6, 6.07) is 6.97. The van der Waals surface area contributed by atoms with Gasteiger partial charge in [-0.05, 0) is 17.5 Å². The zero-order chi connectivity index (χ0) is 11.5. The normalized spacial score (nSPS) is 13.8. The lowest BCUT2D eigenvalue weighted by atomic mass is 10.1. The van der Waals surface area contributed by atoms with Gasteiger partial charge in [0.25, 0.3) is 10.1 Å². The maximum atomic E-state index is 10.5. The number of rotatable bonds is 4. The van der Waals surface area contributed by atoms with Gasteiger partial charge in [0.15, 0.2) is 0 Å². The van der Waals surface area contributed by atoms with Gasteiger partial charge in [0.05, 0.1) is 6.10 Å². The number of aliphatic hydroxyl groups is 1. The van der Waals surface area contributed by atoms with Crippen LogP contribution in [0.2, 0.25) is 0 Å². The zero-order valence-electron chi connectivity index (χ0n) is 8.42. The van der Waals surface area contributed by atoms with E-state index in [4.69, 9.17) is 4.55 Å². The molecule has 1 aromatic rings. The monoisotopic (exact) mass is 230 g/mol. The Labute approximate surface area is 89.3 Å². The Kier molecular flexibility index (Phi) is 3.84. The molecule has 84 valence electrons. The van der Waals surface area contributed by atoms with E-state index in [9.17, 15) is 13.5 Å². The molecule has 0 saturated carbocycles. The third-order valence-electron chi connectivity index (χ3n) is 2.14. The molecule has 0 saturated heterocycles. The van der Waals surface area contributed by atoms with Crippen molar-refractivity contribution >= 4 is 10.1 Å². The first-order chi connectivity index (χ1) is 6.92. The number of benzene rings is 1. The second-order valence-electron chi connectivity index (χ2n) is 3.36. The van der Waals surface area contributed by atoms with Crippen LogP contribution >= 0.6 is 0 Å². The molecule has 1 rings (SSSR count). The molecule has 0 aliphatic carbocycles. The van der Waals surface area contributed by atoms with Gasteiger partial charge in [0.1, 0.15) is 5.75 Å². The molecule has 0 heterocycles. The Morgan fingerprint density at radius 3 is 2.20 bits per heavy atom. The van der Waals surface area contributed by atoms with Gasteiger partial charge in [-0.25, -0.2) is 0 Å². The van der Waals surface area contributed by atoms with Crippen LogP contribution in [0.4, 0.5) is 0 Å². The van der Waals surface area contributed by atoms with Crippen LogP contribution in [0.5, 0.6) is 0 Å². The molecule has 0 amide bonds. The second kappa shape index (κ2) is 4.74. The van der Waals surface area contributed by atoms with E-state index in [1.54, 1.807) is 12.1 Å². The van der Waals surface area contributed by atoms with Crippen LogP contribution in [0.1, 0.15) is 24.2 Å². The lowest BCUT2D eigenvalue weighted by Gasteiger charge is -2.09. The highest BCUT2D eigenvalue weighted by atomic mass is 32.2. The van der Waals surface area contributed by atoms with Crippen molar-refractivity contribution in [1.82, 2.24) is 0 Å². The zero-order valence-corrected chi connectivity index (χ0v) is 9.24. The van der Waals surface area contributed by atoms with Gasteiger partial charge in [0, 0.05) is 0 Å². The minimum absolute atomic E-state index is 0.491. The van der Waals surface area contributed by atoms with E-state index < -0.39 is 22.0 Å². The molecule has 15 heavy (non-hydrogen) atoms. The van der Waals surface area contributed by atoms with Crippen LogP contribution in [-0.2, 0) is 16.5 Å². The Hall–Kier alpha value is -0.910. The molecule has 1 aromatic carbocycles. The average Bonchev–Trinajstić information content (AvgIpc) is 2.15. The van der Waals surface area contributed by atoms with Crippen LogP contribution in [0.3, 0.4) is 0 Å². The first-order valence-corrected chi connectivity index (χ1v) is 6.25. The molecule has 0 spiro atoms. The third-order valence-corrected chi connectivity index (χ3v) is 2.88. The Balaban J connectivity index is 2.78. The van der Waals surface area contributed by atoms with Gasteiger partial charge in [-0.1, -0.05) is 31.2 Å². The van der Waals surface area contributed by atoms with E-state index in [-0.39, 0.29) is 0 Å². The topological polar surface area (TPSA) is 74.6 Å². The standard InChI is InChI=1S/C10H14O4S/c1-2-8-3-5-9(6-4-8)10(11)7-15(12,13)14/h3-6,10-11H,2,7H2,1H3,(H,12,13,14). The molecule has 0 fully saturated rings. The number of aliphatic hydroxyl groups excluding tert-OH is 1. The van der Waals surface area contributed by atoms with E-state index in [0.29, 0.717) is 5.56 Å². The summed E-state index contributed by atoms with van der Waals surface area (Å²) >= 11 is 0. The van der Waals surface area contributed by atoms with Crippen LogP contribution in [0.25, 0.3) is 0 Å². The van der Waals surface area contributed by atoms with Gasteiger partial charge >= 0.3 is 0 Å². The third kappa shape index (κ3) is 3.99. The molecular weight excluding hydrogens is 216 g/mol. The fraction of sp³-hybridized carbons (Fsp3) is 0.400. The van der Waals surface area contributed by atoms with Crippen molar-refractivity contribution in [2.45, 2.75) is 19.4 Å². The Morgan fingerprint density at radius 2 is 1.80 bits per heavy atom. The molecule has 0 aliphatic heterocycles. The van der Waals surface area contributed by atoms with E-state index in [1.807, 2.05) is 19.1 Å². The predicted octanol–water partition coefficient (Wildman–Crippen LogP) is 1.17. The lowest BCUT2D eigenvalue weighted by Crippen LogP contribution is -2.13. The summed E-state index contributed by atoms with van der Waals surface area (Å²) < 4.78 is 29.6.